The molecule has 0 aliphatic carbocycles. The Labute approximate surface area is 130 Å². The number of nitrogens with zero attached hydrogens (tertiary/aromatic N) is 1. The van der Waals surface area contributed by atoms with Gasteiger partial charge in [0, 0.05) is 29.4 Å². The molecule has 2 aromatic rings. The van der Waals surface area contributed by atoms with E-state index in [0.29, 0.717) is 23.7 Å². The summed E-state index contributed by atoms with van der Waals surface area (Å²) < 4.78 is 13.9. The quantitative estimate of drug-likeness (QED) is 0.798. The van der Waals surface area contributed by atoms with Crippen LogP contribution in [0.25, 0.3) is 0 Å². The molecule has 2 aromatic carbocycles. The Morgan fingerprint density at radius 2 is 1.81 bits per heavy atom. The van der Waals surface area contributed by atoms with Crippen LogP contribution >= 0.6 is 11.6 Å². The lowest BCUT2D eigenvalue weighted by atomic mass is 10.1. The maximum absolute atomic E-state index is 13.9. The monoisotopic (exact) mass is 306 g/mol. The lowest BCUT2D eigenvalue weighted by molar-refractivity contribution is 0.254. The van der Waals surface area contributed by atoms with Crippen LogP contribution in [0.1, 0.15) is 24.5 Å². The molecule has 0 unspecified atom stereocenters. The van der Waals surface area contributed by atoms with Gasteiger partial charge < -0.3 is 5.73 Å². The SMILES string of the molecule is CCCN(Cc1ccccc1N)Cc1cc(Cl)ccc1F. The number of hydrogen-bond donors (Lipinski definition) is 1. The summed E-state index contributed by atoms with van der Waals surface area (Å²) in [6, 6.07) is 12.5. The number of halogens is 2. The minimum absolute atomic E-state index is 0.221. The highest BCUT2D eigenvalue weighted by Crippen LogP contribution is 2.19. The average Bonchev–Trinajstić information content (AvgIpc) is 2.45. The van der Waals surface area contributed by atoms with Crippen molar-refractivity contribution < 1.29 is 4.39 Å². The minimum atomic E-state index is -0.221. The molecule has 2 nitrogen and oxygen atoms in total. The molecule has 0 radical (unpaired) electrons. The summed E-state index contributed by atoms with van der Waals surface area (Å²) >= 11 is 5.96. The summed E-state index contributed by atoms with van der Waals surface area (Å²) in [4.78, 5) is 2.18. The van der Waals surface area contributed by atoms with Gasteiger partial charge in [-0.3, -0.25) is 4.90 Å². The zero-order valence-corrected chi connectivity index (χ0v) is 12.9. The Bertz CT molecular complexity index is 601. The molecule has 0 amide bonds. The summed E-state index contributed by atoms with van der Waals surface area (Å²) in [6.45, 7) is 4.21. The van der Waals surface area contributed by atoms with Crippen LogP contribution in [0.15, 0.2) is 42.5 Å². The number of para-hydroxylation sites is 1. The molecule has 0 aliphatic heterocycles. The fourth-order valence-corrected chi connectivity index (χ4v) is 2.55. The molecule has 21 heavy (non-hydrogen) atoms. The first kappa shape index (κ1) is 15.8. The molecule has 2 rings (SSSR count). The Hall–Kier alpha value is -1.58. The maximum atomic E-state index is 13.9. The second-order valence-electron chi connectivity index (χ2n) is 5.15. The van der Waals surface area contributed by atoms with Crippen LogP contribution in [0.5, 0.6) is 0 Å². The van der Waals surface area contributed by atoms with Gasteiger partial charge in [-0.1, -0.05) is 36.7 Å². The van der Waals surface area contributed by atoms with Crippen molar-refractivity contribution in [2.75, 3.05) is 12.3 Å². The van der Waals surface area contributed by atoms with Crippen molar-refractivity contribution in [2.45, 2.75) is 26.4 Å². The molecule has 0 spiro atoms. The van der Waals surface area contributed by atoms with E-state index in [2.05, 4.69) is 11.8 Å². The van der Waals surface area contributed by atoms with Crippen molar-refractivity contribution in [3.05, 3.63) is 64.4 Å². The molecule has 0 bridgehead atoms. The first-order valence-corrected chi connectivity index (χ1v) is 7.47. The smallest absolute Gasteiger partial charge is 0.127 e. The molecule has 112 valence electrons. The predicted octanol–water partition coefficient (Wildman–Crippen LogP) is 4.47. The second kappa shape index (κ2) is 7.43. The van der Waals surface area contributed by atoms with E-state index in [9.17, 15) is 4.39 Å². The molecular weight excluding hydrogens is 287 g/mol. The Kier molecular flexibility index (Phi) is 5.59. The van der Waals surface area contributed by atoms with Gasteiger partial charge in [0.15, 0.2) is 0 Å². The van der Waals surface area contributed by atoms with Crippen LogP contribution in [-0.2, 0) is 13.1 Å². The van der Waals surface area contributed by atoms with E-state index in [1.54, 1.807) is 12.1 Å². The third-order valence-electron chi connectivity index (χ3n) is 3.39. The molecule has 0 aliphatic rings. The van der Waals surface area contributed by atoms with Crippen LogP contribution in [0.4, 0.5) is 10.1 Å². The fraction of sp³-hybridized carbons (Fsp3) is 0.294. The molecule has 0 aromatic heterocycles. The Morgan fingerprint density at radius 1 is 1.10 bits per heavy atom. The third-order valence-corrected chi connectivity index (χ3v) is 3.63. The summed E-state index contributed by atoms with van der Waals surface area (Å²) in [5.41, 5.74) is 8.44. The number of hydrogen-bond acceptors (Lipinski definition) is 2. The topological polar surface area (TPSA) is 29.3 Å². The van der Waals surface area contributed by atoms with Gasteiger partial charge in [0.1, 0.15) is 5.82 Å². The Morgan fingerprint density at radius 3 is 2.52 bits per heavy atom. The zero-order chi connectivity index (χ0) is 15.2. The van der Waals surface area contributed by atoms with Crippen LogP contribution in [0.3, 0.4) is 0 Å². The maximum Gasteiger partial charge on any atom is 0.127 e. The van der Waals surface area contributed by atoms with E-state index in [1.165, 1.54) is 6.07 Å². The standard InChI is InChI=1S/C17H20ClFN2/c1-2-9-21(11-13-5-3-4-6-17(13)20)12-14-10-15(18)7-8-16(14)19/h3-8,10H,2,9,11-12,20H2,1H3. The molecule has 0 atom stereocenters. The van der Waals surface area contributed by atoms with Gasteiger partial charge in [-0.05, 0) is 42.8 Å². The van der Waals surface area contributed by atoms with Crippen LogP contribution in [0, 0.1) is 5.82 Å². The molecular formula is C17H20ClFN2. The first-order valence-electron chi connectivity index (χ1n) is 7.09. The van der Waals surface area contributed by atoms with Crippen LogP contribution in [0.2, 0.25) is 5.02 Å². The third kappa shape index (κ3) is 4.45. The molecule has 0 saturated carbocycles. The van der Waals surface area contributed by atoms with Crippen molar-refractivity contribution in [3.8, 4) is 0 Å². The van der Waals surface area contributed by atoms with E-state index >= 15 is 0 Å². The van der Waals surface area contributed by atoms with Gasteiger partial charge in [-0.15, -0.1) is 0 Å². The first-order chi connectivity index (χ1) is 10.1. The highest BCUT2D eigenvalue weighted by Gasteiger charge is 2.11. The highest BCUT2D eigenvalue weighted by molar-refractivity contribution is 6.30. The van der Waals surface area contributed by atoms with Crippen molar-refractivity contribution >= 4 is 17.3 Å². The lowest BCUT2D eigenvalue weighted by Crippen LogP contribution is -2.24. The second-order valence-corrected chi connectivity index (χ2v) is 5.58. The molecule has 0 heterocycles. The molecule has 4 heteroatoms. The highest BCUT2D eigenvalue weighted by atomic mass is 35.5. The van der Waals surface area contributed by atoms with Gasteiger partial charge in [0.25, 0.3) is 0 Å². The van der Waals surface area contributed by atoms with E-state index in [-0.39, 0.29) is 5.82 Å². The Balaban J connectivity index is 2.16. The summed E-state index contributed by atoms with van der Waals surface area (Å²) in [7, 11) is 0. The van der Waals surface area contributed by atoms with Crippen molar-refractivity contribution in [1.82, 2.24) is 4.90 Å². The van der Waals surface area contributed by atoms with Crippen LogP contribution in [-0.4, -0.2) is 11.4 Å². The number of anilines is 1. The number of nitrogen functional groups attached to an aromatic ring is 1. The predicted molar refractivity (Wildman–Crippen MR) is 86.7 cm³/mol. The number of nitrogens with two attached hydrogens (primary N) is 1. The van der Waals surface area contributed by atoms with E-state index in [4.69, 9.17) is 17.3 Å². The number of rotatable bonds is 6. The van der Waals surface area contributed by atoms with Gasteiger partial charge >= 0.3 is 0 Å². The van der Waals surface area contributed by atoms with E-state index < -0.39 is 0 Å². The lowest BCUT2D eigenvalue weighted by Gasteiger charge is -2.23. The largest absolute Gasteiger partial charge is 0.398 e. The van der Waals surface area contributed by atoms with Gasteiger partial charge in [0.05, 0.1) is 0 Å². The molecule has 0 fully saturated rings. The van der Waals surface area contributed by atoms with E-state index in [0.717, 1.165) is 24.2 Å². The van der Waals surface area contributed by atoms with Crippen LogP contribution < -0.4 is 5.73 Å². The van der Waals surface area contributed by atoms with Gasteiger partial charge in [-0.25, -0.2) is 4.39 Å². The summed E-state index contributed by atoms with van der Waals surface area (Å²) in [6.07, 6.45) is 0.995. The van der Waals surface area contributed by atoms with Crippen molar-refractivity contribution in [1.29, 1.82) is 0 Å². The van der Waals surface area contributed by atoms with Gasteiger partial charge in [-0.2, -0.15) is 0 Å². The van der Waals surface area contributed by atoms with Gasteiger partial charge in [0.2, 0.25) is 0 Å². The minimum Gasteiger partial charge on any atom is -0.398 e. The zero-order valence-electron chi connectivity index (χ0n) is 12.2. The summed E-state index contributed by atoms with van der Waals surface area (Å²) in [5, 5.41) is 0.557. The molecule has 2 N–H and O–H groups in total. The number of benzene rings is 2. The van der Waals surface area contributed by atoms with Crippen molar-refractivity contribution in [3.63, 3.8) is 0 Å². The summed E-state index contributed by atoms with van der Waals surface area (Å²) in [5.74, 6) is -0.221. The fourth-order valence-electron chi connectivity index (χ4n) is 2.35. The normalized spacial score (nSPS) is 11.0. The average molecular weight is 307 g/mol. The molecule has 0 saturated heterocycles. The van der Waals surface area contributed by atoms with E-state index in [1.807, 2.05) is 24.3 Å². The van der Waals surface area contributed by atoms with Crippen molar-refractivity contribution in [2.24, 2.45) is 0 Å².